The minimum Gasteiger partial charge on any atom is -0.469 e. The molecule has 0 spiro atoms. The van der Waals surface area contributed by atoms with E-state index in [0.717, 1.165) is 43.1 Å². The molecule has 1 aromatic carbocycles. The van der Waals surface area contributed by atoms with Gasteiger partial charge in [-0.05, 0) is 50.0 Å². The third-order valence-corrected chi connectivity index (χ3v) is 4.43. The van der Waals surface area contributed by atoms with Gasteiger partial charge in [-0.2, -0.15) is 0 Å². The maximum atomic E-state index is 12.3. The normalized spacial score (nSPS) is 23.6. The van der Waals surface area contributed by atoms with Crippen LogP contribution in [-0.2, 0) is 16.0 Å². The van der Waals surface area contributed by atoms with Crippen LogP contribution in [0.5, 0.6) is 0 Å². The van der Waals surface area contributed by atoms with Crippen molar-refractivity contribution in [1.29, 1.82) is 0 Å². The van der Waals surface area contributed by atoms with Crippen molar-refractivity contribution < 1.29 is 9.53 Å². The number of nitrogens with zero attached hydrogens (tertiary/aromatic N) is 1. The Labute approximate surface area is 125 Å². The summed E-state index contributed by atoms with van der Waals surface area (Å²) < 4.78 is 5.09. The first-order valence-electron chi connectivity index (χ1n) is 7.15. The quantitative estimate of drug-likeness (QED) is 0.799. The molecule has 2 rings (SSSR count). The number of likely N-dealkylation sites (tertiary alicyclic amines) is 1. The standard InChI is InChI=1S/C16H22ClNO2/c1-3-18-10-4-9-16(12-18,15(19)20-2)11-13-5-7-14(17)8-6-13/h5-8H,3-4,9-12H2,1-2H3. The van der Waals surface area contributed by atoms with Crippen LogP contribution in [0.4, 0.5) is 0 Å². The number of carbonyl (C=O) groups excluding carboxylic acids is 1. The van der Waals surface area contributed by atoms with E-state index in [1.54, 1.807) is 0 Å². The molecule has 1 fully saturated rings. The zero-order valence-corrected chi connectivity index (χ0v) is 12.9. The van der Waals surface area contributed by atoms with Crippen LogP contribution in [-0.4, -0.2) is 37.6 Å². The molecule has 1 aromatic rings. The van der Waals surface area contributed by atoms with Crippen molar-refractivity contribution >= 4 is 17.6 Å². The highest BCUT2D eigenvalue weighted by Crippen LogP contribution is 2.35. The highest BCUT2D eigenvalue weighted by Gasteiger charge is 2.42. The molecule has 1 atom stereocenters. The van der Waals surface area contributed by atoms with Gasteiger partial charge in [-0.1, -0.05) is 30.7 Å². The van der Waals surface area contributed by atoms with Gasteiger partial charge in [0.25, 0.3) is 0 Å². The van der Waals surface area contributed by atoms with Crippen molar-refractivity contribution in [3.05, 3.63) is 34.9 Å². The van der Waals surface area contributed by atoms with E-state index in [-0.39, 0.29) is 5.97 Å². The monoisotopic (exact) mass is 295 g/mol. The lowest BCUT2D eigenvalue weighted by molar-refractivity contribution is -0.156. The summed E-state index contributed by atoms with van der Waals surface area (Å²) in [4.78, 5) is 14.7. The molecule has 1 aliphatic rings. The Hall–Kier alpha value is -1.06. The van der Waals surface area contributed by atoms with E-state index in [4.69, 9.17) is 16.3 Å². The maximum Gasteiger partial charge on any atom is 0.313 e. The SMILES string of the molecule is CCN1CCCC(Cc2ccc(Cl)cc2)(C(=O)OC)C1. The molecule has 1 aliphatic heterocycles. The van der Waals surface area contributed by atoms with E-state index in [0.29, 0.717) is 6.42 Å². The first-order chi connectivity index (χ1) is 9.59. The molecule has 0 bridgehead atoms. The van der Waals surface area contributed by atoms with Crippen molar-refractivity contribution in [3.63, 3.8) is 0 Å². The molecule has 0 radical (unpaired) electrons. The van der Waals surface area contributed by atoms with Crippen LogP contribution in [0.3, 0.4) is 0 Å². The summed E-state index contributed by atoms with van der Waals surface area (Å²) in [6.07, 6.45) is 2.64. The van der Waals surface area contributed by atoms with E-state index < -0.39 is 5.41 Å². The second-order valence-electron chi connectivity index (χ2n) is 5.55. The zero-order valence-electron chi connectivity index (χ0n) is 12.2. The van der Waals surface area contributed by atoms with Crippen LogP contribution >= 0.6 is 11.6 Å². The molecular weight excluding hydrogens is 274 g/mol. The first kappa shape index (κ1) is 15.3. The Morgan fingerprint density at radius 3 is 2.70 bits per heavy atom. The second-order valence-corrected chi connectivity index (χ2v) is 5.98. The summed E-state index contributed by atoms with van der Waals surface area (Å²) in [5.74, 6) is -0.0920. The van der Waals surface area contributed by atoms with Gasteiger partial charge in [0.15, 0.2) is 0 Å². The van der Waals surface area contributed by atoms with Crippen LogP contribution in [0.1, 0.15) is 25.3 Å². The molecule has 0 aromatic heterocycles. The fourth-order valence-electron chi connectivity index (χ4n) is 3.09. The topological polar surface area (TPSA) is 29.5 Å². The van der Waals surface area contributed by atoms with Gasteiger partial charge in [0, 0.05) is 11.6 Å². The number of benzene rings is 1. The summed E-state index contributed by atoms with van der Waals surface area (Å²) in [5.41, 5.74) is 0.717. The Morgan fingerprint density at radius 2 is 2.10 bits per heavy atom. The minimum atomic E-state index is -0.420. The number of rotatable bonds is 4. The van der Waals surface area contributed by atoms with Crippen molar-refractivity contribution in [2.75, 3.05) is 26.7 Å². The van der Waals surface area contributed by atoms with Crippen LogP contribution in [0, 0.1) is 5.41 Å². The van der Waals surface area contributed by atoms with E-state index in [9.17, 15) is 4.79 Å². The smallest absolute Gasteiger partial charge is 0.313 e. The Bertz CT molecular complexity index is 460. The molecule has 1 saturated heterocycles. The molecular formula is C16H22ClNO2. The van der Waals surface area contributed by atoms with Crippen LogP contribution < -0.4 is 0 Å². The third kappa shape index (κ3) is 3.33. The van der Waals surface area contributed by atoms with Gasteiger partial charge >= 0.3 is 5.97 Å². The third-order valence-electron chi connectivity index (χ3n) is 4.18. The molecule has 1 unspecified atom stereocenters. The summed E-state index contributed by atoms with van der Waals surface area (Å²) in [5, 5.41) is 0.722. The van der Waals surface area contributed by atoms with Gasteiger partial charge in [-0.25, -0.2) is 0 Å². The first-order valence-corrected chi connectivity index (χ1v) is 7.52. The lowest BCUT2D eigenvalue weighted by Gasteiger charge is -2.40. The van der Waals surface area contributed by atoms with Gasteiger partial charge in [-0.3, -0.25) is 4.79 Å². The van der Waals surface area contributed by atoms with Gasteiger partial charge in [0.1, 0.15) is 0 Å². The number of esters is 1. The number of ether oxygens (including phenoxy) is 1. The second kappa shape index (κ2) is 6.59. The minimum absolute atomic E-state index is 0.0920. The summed E-state index contributed by atoms with van der Waals surface area (Å²) in [6, 6.07) is 7.75. The van der Waals surface area contributed by atoms with E-state index >= 15 is 0 Å². The van der Waals surface area contributed by atoms with E-state index in [2.05, 4.69) is 11.8 Å². The predicted octanol–water partition coefficient (Wildman–Crippen LogP) is 3.16. The van der Waals surface area contributed by atoms with E-state index in [1.807, 2.05) is 24.3 Å². The van der Waals surface area contributed by atoms with E-state index in [1.165, 1.54) is 7.11 Å². The molecule has 0 aliphatic carbocycles. The highest BCUT2D eigenvalue weighted by atomic mass is 35.5. The average Bonchev–Trinajstić information content (AvgIpc) is 2.49. The number of methoxy groups -OCH3 is 1. The molecule has 20 heavy (non-hydrogen) atoms. The Kier molecular flexibility index (Phi) is 5.06. The molecule has 0 N–H and O–H groups in total. The lowest BCUT2D eigenvalue weighted by Crippen LogP contribution is -2.49. The molecule has 0 amide bonds. The molecule has 4 heteroatoms. The largest absolute Gasteiger partial charge is 0.469 e. The fourth-order valence-corrected chi connectivity index (χ4v) is 3.22. The zero-order chi connectivity index (χ0) is 14.6. The molecule has 1 heterocycles. The van der Waals surface area contributed by atoms with Crippen LogP contribution in [0.2, 0.25) is 5.02 Å². The van der Waals surface area contributed by atoms with Crippen molar-refractivity contribution in [2.24, 2.45) is 5.41 Å². The molecule has 3 nitrogen and oxygen atoms in total. The predicted molar refractivity (Wildman–Crippen MR) is 81.0 cm³/mol. The Balaban J connectivity index is 2.22. The van der Waals surface area contributed by atoms with Crippen molar-refractivity contribution in [1.82, 2.24) is 4.90 Å². The van der Waals surface area contributed by atoms with Gasteiger partial charge in [-0.15, -0.1) is 0 Å². The average molecular weight is 296 g/mol. The van der Waals surface area contributed by atoms with Gasteiger partial charge in [0.2, 0.25) is 0 Å². The highest BCUT2D eigenvalue weighted by molar-refractivity contribution is 6.30. The summed E-state index contributed by atoms with van der Waals surface area (Å²) in [6.45, 7) is 4.95. The molecule has 110 valence electrons. The summed E-state index contributed by atoms with van der Waals surface area (Å²) >= 11 is 5.92. The summed E-state index contributed by atoms with van der Waals surface area (Å²) in [7, 11) is 1.48. The van der Waals surface area contributed by atoms with Crippen LogP contribution in [0.25, 0.3) is 0 Å². The number of carbonyl (C=O) groups is 1. The number of hydrogen-bond acceptors (Lipinski definition) is 3. The number of hydrogen-bond donors (Lipinski definition) is 0. The Morgan fingerprint density at radius 1 is 1.40 bits per heavy atom. The van der Waals surface area contributed by atoms with Gasteiger partial charge < -0.3 is 9.64 Å². The molecule has 0 saturated carbocycles. The number of halogens is 1. The number of piperidine rings is 1. The lowest BCUT2D eigenvalue weighted by atomic mass is 9.75. The van der Waals surface area contributed by atoms with Crippen LogP contribution in [0.15, 0.2) is 24.3 Å². The van der Waals surface area contributed by atoms with Crippen molar-refractivity contribution in [3.8, 4) is 0 Å². The van der Waals surface area contributed by atoms with Crippen molar-refractivity contribution in [2.45, 2.75) is 26.2 Å². The maximum absolute atomic E-state index is 12.3. The van der Waals surface area contributed by atoms with Gasteiger partial charge in [0.05, 0.1) is 12.5 Å². The fraction of sp³-hybridized carbons (Fsp3) is 0.562.